The van der Waals surface area contributed by atoms with Gasteiger partial charge in [0.1, 0.15) is 0 Å². The smallest absolute Gasteiger partial charge is 0.253 e. The van der Waals surface area contributed by atoms with Gasteiger partial charge >= 0.3 is 0 Å². The summed E-state index contributed by atoms with van der Waals surface area (Å²) < 4.78 is 0. The average Bonchev–Trinajstić information content (AvgIpc) is 2.54. The summed E-state index contributed by atoms with van der Waals surface area (Å²) in [6.07, 6.45) is 0. The topological polar surface area (TPSA) is 20.3 Å². The van der Waals surface area contributed by atoms with Gasteiger partial charge in [-0.05, 0) is 35.4 Å². The van der Waals surface area contributed by atoms with E-state index in [0.717, 1.165) is 11.1 Å². The van der Waals surface area contributed by atoms with Crippen LogP contribution in [0.1, 0.15) is 21.5 Å². The van der Waals surface area contributed by atoms with Gasteiger partial charge in [0.2, 0.25) is 0 Å². The normalized spacial score (nSPS) is 10.6. The maximum absolute atomic E-state index is 12.6. The number of aryl methyl sites for hydroxylation is 1. The highest BCUT2D eigenvalue weighted by Crippen LogP contribution is 2.20. The number of rotatable bonds is 3. The van der Waals surface area contributed by atoms with Crippen molar-refractivity contribution >= 4 is 16.7 Å². The SMILES string of the molecule is Cc1cccc(C(=O)N(C)Cc2cccc3ccccc23)c1. The lowest BCUT2D eigenvalue weighted by molar-refractivity contribution is 0.0785. The van der Waals surface area contributed by atoms with E-state index in [1.165, 1.54) is 16.3 Å². The summed E-state index contributed by atoms with van der Waals surface area (Å²) in [4.78, 5) is 14.3. The molecule has 0 spiro atoms. The minimum Gasteiger partial charge on any atom is -0.337 e. The van der Waals surface area contributed by atoms with Crippen LogP contribution in [0.5, 0.6) is 0 Å². The molecule has 22 heavy (non-hydrogen) atoms. The van der Waals surface area contributed by atoms with E-state index in [4.69, 9.17) is 0 Å². The molecule has 2 nitrogen and oxygen atoms in total. The fourth-order valence-electron chi connectivity index (χ4n) is 2.76. The summed E-state index contributed by atoms with van der Waals surface area (Å²) in [5.41, 5.74) is 3.01. The number of carbonyl (C=O) groups excluding carboxylic acids is 1. The molecule has 0 saturated heterocycles. The van der Waals surface area contributed by atoms with E-state index in [-0.39, 0.29) is 5.91 Å². The van der Waals surface area contributed by atoms with Crippen LogP contribution >= 0.6 is 0 Å². The Morgan fingerprint density at radius 2 is 1.68 bits per heavy atom. The number of carbonyl (C=O) groups is 1. The van der Waals surface area contributed by atoms with E-state index >= 15 is 0 Å². The summed E-state index contributed by atoms with van der Waals surface area (Å²) in [5.74, 6) is 0.0524. The Labute approximate surface area is 131 Å². The highest BCUT2D eigenvalue weighted by molar-refractivity contribution is 5.94. The maximum Gasteiger partial charge on any atom is 0.253 e. The minimum atomic E-state index is 0.0524. The molecule has 0 unspecified atom stereocenters. The van der Waals surface area contributed by atoms with E-state index in [2.05, 4.69) is 24.3 Å². The zero-order chi connectivity index (χ0) is 15.5. The van der Waals surface area contributed by atoms with Gasteiger partial charge in [-0.1, -0.05) is 60.2 Å². The van der Waals surface area contributed by atoms with Crippen LogP contribution in [-0.4, -0.2) is 17.9 Å². The van der Waals surface area contributed by atoms with Gasteiger partial charge in [0.25, 0.3) is 5.91 Å². The van der Waals surface area contributed by atoms with Crippen LogP contribution in [0.3, 0.4) is 0 Å². The van der Waals surface area contributed by atoms with Gasteiger partial charge in [-0.2, -0.15) is 0 Å². The predicted molar refractivity (Wildman–Crippen MR) is 90.9 cm³/mol. The molecule has 110 valence electrons. The standard InChI is InChI=1S/C20H19NO/c1-15-7-5-10-17(13-15)20(22)21(2)14-18-11-6-9-16-8-3-4-12-19(16)18/h3-13H,14H2,1-2H3. The van der Waals surface area contributed by atoms with Crippen LogP contribution in [0.4, 0.5) is 0 Å². The van der Waals surface area contributed by atoms with Crippen LogP contribution in [-0.2, 0) is 6.54 Å². The number of benzene rings is 3. The van der Waals surface area contributed by atoms with Crippen molar-refractivity contribution in [3.8, 4) is 0 Å². The van der Waals surface area contributed by atoms with Crippen LogP contribution < -0.4 is 0 Å². The molecule has 0 saturated carbocycles. The summed E-state index contributed by atoms with van der Waals surface area (Å²) >= 11 is 0. The Kier molecular flexibility index (Phi) is 3.92. The molecular weight excluding hydrogens is 270 g/mol. The summed E-state index contributed by atoms with van der Waals surface area (Å²) in [5, 5.41) is 2.41. The molecule has 0 radical (unpaired) electrons. The zero-order valence-electron chi connectivity index (χ0n) is 12.9. The maximum atomic E-state index is 12.6. The summed E-state index contributed by atoms with van der Waals surface area (Å²) in [6, 6.07) is 22.2. The summed E-state index contributed by atoms with van der Waals surface area (Å²) in [6.45, 7) is 2.61. The number of fused-ring (bicyclic) bond motifs is 1. The Bertz CT molecular complexity index is 817. The zero-order valence-corrected chi connectivity index (χ0v) is 12.9. The average molecular weight is 289 g/mol. The van der Waals surface area contributed by atoms with Crippen molar-refractivity contribution in [3.05, 3.63) is 83.4 Å². The highest BCUT2D eigenvalue weighted by Gasteiger charge is 2.13. The number of amides is 1. The molecule has 1 amide bonds. The molecule has 3 aromatic rings. The van der Waals surface area contributed by atoms with Crippen molar-refractivity contribution in [2.75, 3.05) is 7.05 Å². The first-order valence-corrected chi connectivity index (χ1v) is 7.44. The fraction of sp³-hybridized carbons (Fsp3) is 0.150. The monoisotopic (exact) mass is 289 g/mol. The van der Waals surface area contributed by atoms with Gasteiger partial charge in [0.15, 0.2) is 0 Å². The second-order valence-corrected chi connectivity index (χ2v) is 5.67. The molecule has 0 atom stereocenters. The molecule has 3 aromatic carbocycles. The highest BCUT2D eigenvalue weighted by atomic mass is 16.2. The largest absolute Gasteiger partial charge is 0.337 e. The van der Waals surface area contributed by atoms with Gasteiger partial charge in [-0.3, -0.25) is 4.79 Å². The van der Waals surface area contributed by atoms with Crippen molar-refractivity contribution in [2.24, 2.45) is 0 Å². The van der Waals surface area contributed by atoms with E-state index < -0.39 is 0 Å². The number of hydrogen-bond donors (Lipinski definition) is 0. The molecule has 3 rings (SSSR count). The van der Waals surface area contributed by atoms with Gasteiger partial charge < -0.3 is 4.90 Å². The van der Waals surface area contributed by atoms with Gasteiger partial charge in [0, 0.05) is 19.2 Å². The minimum absolute atomic E-state index is 0.0524. The lowest BCUT2D eigenvalue weighted by atomic mass is 10.0. The van der Waals surface area contributed by atoms with Gasteiger partial charge in [-0.15, -0.1) is 0 Å². The third-order valence-corrected chi connectivity index (χ3v) is 3.90. The molecule has 0 aliphatic carbocycles. The van der Waals surface area contributed by atoms with Gasteiger partial charge in [-0.25, -0.2) is 0 Å². The third-order valence-electron chi connectivity index (χ3n) is 3.90. The van der Waals surface area contributed by atoms with E-state index in [0.29, 0.717) is 6.54 Å². The van der Waals surface area contributed by atoms with Crippen LogP contribution in [0.15, 0.2) is 66.7 Å². The molecule has 0 bridgehead atoms. The molecule has 0 heterocycles. The van der Waals surface area contributed by atoms with Crippen LogP contribution in [0, 0.1) is 6.92 Å². The lowest BCUT2D eigenvalue weighted by Gasteiger charge is -2.19. The number of nitrogens with zero attached hydrogens (tertiary/aromatic N) is 1. The second-order valence-electron chi connectivity index (χ2n) is 5.67. The van der Waals surface area contributed by atoms with E-state index in [9.17, 15) is 4.79 Å². The Hall–Kier alpha value is -2.61. The molecule has 0 aliphatic heterocycles. The number of hydrogen-bond acceptors (Lipinski definition) is 1. The molecule has 0 fully saturated rings. The Morgan fingerprint density at radius 1 is 0.955 bits per heavy atom. The van der Waals surface area contributed by atoms with Crippen molar-refractivity contribution in [1.29, 1.82) is 0 Å². The van der Waals surface area contributed by atoms with Crippen molar-refractivity contribution in [3.63, 3.8) is 0 Å². The van der Waals surface area contributed by atoms with Crippen molar-refractivity contribution < 1.29 is 4.79 Å². The summed E-state index contributed by atoms with van der Waals surface area (Å²) in [7, 11) is 1.85. The Morgan fingerprint density at radius 3 is 2.50 bits per heavy atom. The van der Waals surface area contributed by atoms with Gasteiger partial charge in [0.05, 0.1) is 0 Å². The fourth-order valence-corrected chi connectivity index (χ4v) is 2.76. The lowest BCUT2D eigenvalue weighted by Crippen LogP contribution is -2.26. The molecular formula is C20H19NO. The molecule has 2 heteroatoms. The molecule has 0 N–H and O–H groups in total. The first-order valence-electron chi connectivity index (χ1n) is 7.44. The molecule has 0 aliphatic rings. The van der Waals surface area contributed by atoms with Crippen molar-refractivity contribution in [2.45, 2.75) is 13.5 Å². The molecule has 0 aromatic heterocycles. The Balaban J connectivity index is 1.87. The third kappa shape index (κ3) is 2.86. The first-order chi connectivity index (χ1) is 10.6. The second kappa shape index (κ2) is 6.02. The predicted octanol–water partition coefficient (Wildman–Crippen LogP) is 4.42. The first kappa shape index (κ1) is 14.3. The quantitative estimate of drug-likeness (QED) is 0.699. The van der Waals surface area contributed by atoms with E-state index in [1.807, 2.05) is 56.4 Å². The van der Waals surface area contributed by atoms with E-state index in [1.54, 1.807) is 4.90 Å². The van der Waals surface area contributed by atoms with Crippen LogP contribution in [0.2, 0.25) is 0 Å². The van der Waals surface area contributed by atoms with Crippen LogP contribution in [0.25, 0.3) is 10.8 Å². The van der Waals surface area contributed by atoms with Crippen molar-refractivity contribution in [1.82, 2.24) is 4.90 Å².